The van der Waals surface area contributed by atoms with Gasteiger partial charge in [0.25, 0.3) is 0 Å². The van der Waals surface area contributed by atoms with E-state index in [4.69, 9.17) is 9.47 Å². The molecule has 0 spiro atoms. The molecule has 9 heteroatoms. The molecular weight excluding hydrogens is 339 g/mol. The molecule has 3 unspecified atom stereocenters. The minimum Gasteiger partial charge on any atom is -0.378 e. The van der Waals surface area contributed by atoms with Crippen molar-refractivity contribution in [1.29, 1.82) is 0 Å². The molecule has 3 aromatic rings. The molecule has 0 aliphatic heterocycles. The molecule has 1 saturated carbocycles. The molecule has 0 radical (unpaired) electrons. The van der Waals surface area contributed by atoms with E-state index in [1.165, 1.54) is 0 Å². The fourth-order valence-electron chi connectivity index (χ4n) is 3.46. The third kappa shape index (κ3) is 3.15. The van der Waals surface area contributed by atoms with E-state index in [1.54, 1.807) is 31.1 Å². The van der Waals surface area contributed by atoms with Crippen molar-refractivity contribution in [2.75, 3.05) is 19.5 Å². The summed E-state index contributed by atoms with van der Waals surface area (Å²) < 4.78 is 26.0. The first kappa shape index (κ1) is 16.9. The van der Waals surface area contributed by atoms with Crippen LogP contribution in [0.2, 0.25) is 0 Å². The van der Waals surface area contributed by atoms with Gasteiger partial charge in [-0.1, -0.05) is 0 Å². The van der Waals surface area contributed by atoms with E-state index in [0.717, 1.165) is 16.9 Å². The third-order valence-electron chi connectivity index (χ3n) is 4.75. The predicted molar refractivity (Wildman–Crippen MR) is 93.2 cm³/mol. The average Bonchev–Trinajstić information content (AvgIpc) is 3.33. The Morgan fingerprint density at radius 1 is 1.35 bits per heavy atom. The molecule has 1 fully saturated rings. The molecule has 0 aromatic carbocycles. The molecule has 0 amide bonds. The third-order valence-corrected chi connectivity index (χ3v) is 4.75. The molecule has 0 saturated heterocycles. The zero-order chi connectivity index (χ0) is 18.1. The zero-order valence-electron chi connectivity index (χ0n) is 14.6. The first-order chi connectivity index (χ1) is 12.7. The largest absolute Gasteiger partial charge is 0.378 e. The highest BCUT2D eigenvalue weighted by Crippen LogP contribution is 2.37. The normalized spacial score (nSPS) is 23.0. The van der Waals surface area contributed by atoms with Gasteiger partial charge in [-0.3, -0.25) is 5.10 Å². The second-order valence-electron chi connectivity index (χ2n) is 6.47. The summed E-state index contributed by atoms with van der Waals surface area (Å²) in [6, 6.07) is 3.81. The maximum atomic E-state index is 13.9. The van der Waals surface area contributed by atoms with Gasteiger partial charge in [0.2, 0.25) is 0 Å². The van der Waals surface area contributed by atoms with Crippen LogP contribution in [0.15, 0.2) is 24.5 Å². The number of nitrogens with zero attached hydrogens (tertiary/aromatic N) is 4. The molecule has 3 heterocycles. The number of aromatic amines is 1. The van der Waals surface area contributed by atoms with Gasteiger partial charge in [0, 0.05) is 44.3 Å². The number of halogens is 1. The first-order valence-electron chi connectivity index (χ1n) is 8.49. The number of alkyl halides is 1. The van der Waals surface area contributed by atoms with Crippen molar-refractivity contribution < 1.29 is 13.9 Å². The number of aromatic nitrogens is 5. The summed E-state index contributed by atoms with van der Waals surface area (Å²) in [6.07, 6.45) is 3.25. The highest BCUT2D eigenvalue weighted by atomic mass is 19.1. The minimum atomic E-state index is -0.939. The molecular formula is C17H21FN6O2. The quantitative estimate of drug-likeness (QED) is 0.702. The van der Waals surface area contributed by atoms with Gasteiger partial charge in [0.15, 0.2) is 11.6 Å². The van der Waals surface area contributed by atoms with Crippen molar-refractivity contribution in [3.63, 3.8) is 0 Å². The summed E-state index contributed by atoms with van der Waals surface area (Å²) in [7, 11) is 3.18. The van der Waals surface area contributed by atoms with Gasteiger partial charge in [-0.25, -0.2) is 13.9 Å². The van der Waals surface area contributed by atoms with E-state index in [0.29, 0.717) is 31.1 Å². The Kier molecular flexibility index (Phi) is 4.56. The summed E-state index contributed by atoms with van der Waals surface area (Å²) in [6.45, 7) is 0.431. The molecule has 2 N–H and O–H groups in total. The first-order valence-corrected chi connectivity index (χ1v) is 8.49. The van der Waals surface area contributed by atoms with Crippen molar-refractivity contribution in [2.45, 2.75) is 37.6 Å². The number of ether oxygens (including phenoxy) is 2. The highest BCUT2D eigenvalue weighted by molar-refractivity contribution is 5.72. The number of hydrogen-bond donors (Lipinski definition) is 2. The van der Waals surface area contributed by atoms with Crippen molar-refractivity contribution >= 4 is 17.2 Å². The number of methoxy groups -OCH3 is 2. The SMILES string of the molecule is COCc1cc2c(Nc3cc(C4CC(F)C(OC)C4)[nH]n3)nccn2n1. The van der Waals surface area contributed by atoms with Crippen LogP contribution in [0.5, 0.6) is 0 Å². The topological polar surface area (TPSA) is 89.4 Å². The van der Waals surface area contributed by atoms with Crippen LogP contribution in [0.4, 0.5) is 16.0 Å². The van der Waals surface area contributed by atoms with E-state index in [1.807, 2.05) is 12.1 Å². The summed E-state index contributed by atoms with van der Waals surface area (Å²) in [5.74, 6) is 1.35. The van der Waals surface area contributed by atoms with E-state index >= 15 is 0 Å². The molecule has 8 nitrogen and oxygen atoms in total. The number of fused-ring (bicyclic) bond motifs is 1. The summed E-state index contributed by atoms with van der Waals surface area (Å²) >= 11 is 0. The Hall–Kier alpha value is -2.52. The standard InChI is InChI=1S/C17H21FN6O2/c1-25-9-11-7-14-17(19-3-4-24(14)23-11)20-16-8-13(21-22-16)10-5-12(18)15(6-10)26-2/h3-4,7-8,10,12,15H,5-6,9H2,1-2H3,(H2,19,20,21,22). The van der Waals surface area contributed by atoms with Crippen LogP contribution in [0.3, 0.4) is 0 Å². The van der Waals surface area contributed by atoms with Crippen molar-refractivity contribution in [3.8, 4) is 0 Å². The lowest BCUT2D eigenvalue weighted by Crippen LogP contribution is -2.16. The van der Waals surface area contributed by atoms with Crippen LogP contribution in [-0.4, -0.2) is 51.3 Å². The lowest BCUT2D eigenvalue weighted by atomic mass is 10.0. The van der Waals surface area contributed by atoms with E-state index in [9.17, 15) is 4.39 Å². The Balaban J connectivity index is 1.53. The van der Waals surface area contributed by atoms with Crippen LogP contribution < -0.4 is 5.32 Å². The van der Waals surface area contributed by atoms with E-state index in [2.05, 4.69) is 25.6 Å². The second-order valence-corrected chi connectivity index (χ2v) is 6.47. The Morgan fingerprint density at radius 2 is 2.23 bits per heavy atom. The van der Waals surface area contributed by atoms with Crippen molar-refractivity contribution in [1.82, 2.24) is 24.8 Å². The maximum absolute atomic E-state index is 13.9. The van der Waals surface area contributed by atoms with Crippen LogP contribution >= 0.6 is 0 Å². The average molecular weight is 360 g/mol. The molecule has 26 heavy (non-hydrogen) atoms. The monoisotopic (exact) mass is 360 g/mol. The molecule has 3 aromatic heterocycles. The summed E-state index contributed by atoms with van der Waals surface area (Å²) in [5.41, 5.74) is 2.54. The van der Waals surface area contributed by atoms with Crippen LogP contribution in [-0.2, 0) is 16.1 Å². The molecule has 0 bridgehead atoms. The molecule has 3 atom stereocenters. The van der Waals surface area contributed by atoms with E-state index in [-0.39, 0.29) is 12.0 Å². The molecule has 138 valence electrons. The maximum Gasteiger partial charge on any atom is 0.157 e. The highest BCUT2D eigenvalue weighted by Gasteiger charge is 2.36. The number of anilines is 2. The lowest BCUT2D eigenvalue weighted by molar-refractivity contribution is 0.0525. The number of hydrogen-bond acceptors (Lipinski definition) is 6. The molecule has 4 rings (SSSR count). The smallest absolute Gasteiger partial charge is 0.157 e. The summed E-state index contributed by atoms with van der Waals surface area (Å²) in [5, 5.41) is 14.9. The Bertz CT molecular complexity index is 894. The van der Waals surface area contributed by atoms with Gasteiger partial charge in [-0.2, -0.15) is 10.2 Å². The van der Waals surface area contributed by atoms with E-state index < -0.39 is 6.17 Å². The Labute approximate surface area is 149 Å². The summed E-state index contributed by atoms with van der Waals surface area (Å²) in [4.78, 5) is 4.37. The minimum absolute atomic E-state index is 0.0741. The second kappa shape index (κ2) is 7.00. The van der Waals surface area contributed by atoms with Crippen LogP contribution in [0.1, 0.15) is 30.1 Å². The van der Waals surface area contributed by atoms with Crippen molar-refractivity contribution in [3.05, 3.63) is 35.9 Å². The number of nitrogens with one attached hydrogen (secondary N) is 2. The fraction of sp³-hybridized carbons (Fsp3) is 0.471. The van der Waals surface area contributed by atoms with Gasteiger partial charge in [0.1, 0.15) is 11.7 Å². The Morgan fingerprint density at radius 3 is 3.00 bits per heavy atom. The number of H-pyrrole nitrogens is 1. The van der Waals surface area contributed by atoms with Gasteiger partial charge >= 0.3 is 0 Å². The van der Waals surface area contributed by atoms with Crippen LogP contribution in [0, 0.1) is 0 Å². The van der Waals surface area contributed by atoms with Crippen molar-refractivity contribution in [2.24, 2.45) is 0 Å². The number of rotatable bonds is 6. The van der Waals surface area contributed by atoms with Gasteiger partial charge < -0.3 is 14.8 Å². The van der Waals surface area contributed by atoms with Gasteiger partial charge in [0.05, 0.1) is 18.4 Å². The van der Waals surface area contributed by atoms with Crippen LogP contribution in [0.25, 0.3) is 5.52 Å². The zero-order valence-corrected chi connectivity index (χ0v) is 14.6. The fourth-order valence-corrected chi connectivity index (χ4v) is 3.46. The predicted octanol–water partition coefficient (Wildman–Crippen LogP) is 2.57. The van der Waals surface area contributed by atoms with Gasteiger partial charge in [-0.05, 0) is 18.9 Å². The van der Waals surface area contributed by atoms with Gasteiger partial charge in [-0.15, -0.1) is 0 Å². The molecule has 1 aliphatic carbocycles. The lowest BCUT2D eigenvalue weighted by Gasteiger charge is -2.08. The molecule has 1 aliphatic rings.